The molecule has 1 saturated carbocycles. The molecule has 96 valence electrons. The fourth-order valence-corrected chi connectivity index (χ4v) is 2.77. The molecule has 1 aliphatic rings. The van der Waals surface area contributed by atoms with E-state index in [1.54, 1.807) is 0 Å². The zero-order valence-corrected chi connectivity index (χ0v) is 11.0. The van der Waals surface area contributed by atoms with Crippen molar-refractivity contribution in [2.75, 3.05) is 0 Å². The summed E-state index contributed by atoms with van der Waals surface area (Å²) in [6.45, 7) is 2.10. The topological polar surface area (TPSA) is 43.1 Å². The Labute approximate surface area is 113 Å². The van der Waals surface area contributed by atoms with Crippen molar-refractivity contribution < 1.29 is 4.79 Å². The second kappa shape index (κ2) is 4.54. The quantitative estimate of drug-likeness (QED) is 0.889. The summed E-state index contributed by atoms with van der Waals surface area (Å²) in [6, 6.07) is 14.2. The Hall–Kier alpha value is -2.09. The summed E-state index contributed by atoms with van der Waals surface area (Å²) in [5, 5.41) is 0. The Kier molecular flexibility index (Phi) is 2.86. The molecule has 0 aromatic heterocycles. The van der Waals surface area contributed by atoms with Crippen LogP contribution in [0.1, 0.15) is 40.2 Å². The summed E-state index contributed by atoms with van der Waals surface area (Å²) < 4.78 is 0. The Balaban J connectivity index is 2.18. The Bertz CT molecular complexity index is 627. The number of carbonyl (C=O) groups is 1. The minimum absolute atomic E-state index is 0.315. The molecular weight excluding hydrogens is 234 g/mol. The average Bonchev–Trinajstić information content (AvgIpc) is 3.23. The SMILES string of the molecule is Cc1c(-c2ccccc2)ccc(C(N)=O)c1C1CC1. The molecular formula is C17H17NO. The van der Waals surface area contributed by atoms with Gasteiger partial charge in [0.05, 0.1) is 0 Å². The molecule has 2 aromatic carbocycles. The van der Waals surface area contributed by atoms with Crippen LogP contribution in [0.15, 0.2) is 42.5 Å². The van der Waals surface area contributed by atoms with Crippen LogP contribution < -0.4 is 5.73 Å². The van der Waals surface area contributed by atoms with Crippen molar-refractivity contribution in [3.05, 3.63) is 59.2 Å². The van der Waals surface area contributed by atoms with Crippen molar-refractivity contribution in [2.24, 2.45) is 5.73 Å². The molecule has 0 aliphatic heterocycles. The van der Waals surface area contributed by atoms with Crippen LogP contribution in [-0.2, 0) is 0 Å². The van der Waals surface area contributed by atoms with Gasteiger partial charge in [-0.05, 0) is 54.0 Å². The number of rotatable bonds is 3. The van der Waals surface area contributed by atoms with Gasteiger partial charge >= 0.3 is 0 Å². The lowest BCUT2D eigenvalue weighted by molar-refractivity contribution is 0.0999. The minimum atomic E-state index is -0.315. The van der Waals surface area contributed by atoms with Crippen molar-refractivity contribution >= 4 is 5.91 Å². The van der Waals surface area contributed by atoms with Crippen molar-refractivity contribution in [1.82, 2.24) is 0 Å². The summed E-state index contributed by atoms with van der Waals surface area (Å²) in [7, 11) is 0. The van der Waals surface area contributed by atoms with Gasteiger partial charge in [-0.25, -0.2) is 0 Å². The first-order valence-electron chi connectivity index (χ1n) is 6.67. The van der Waals surface area contributed by atoms with Crippen LogP contribution in [0.4, 0.5) is 0 Å². The number of hydrogen-bond acceptors (Lipinski definition) is 1. The molecule has 3 rings (SSSR count). The molecule has 0 bridgehead atoms. The number of benzene rings is 2. The highest BCUT2D eigenvalue weighted by Gasteiger charge is 2.30. The van der Waals surface area contributed by atoms with E-state index in [2.05, 4.69) is 19.1 Å². The predicted molar refractivity (Wildman–Crippen MR) is 77.1 cm³/mol. The molecule has 0 saturated heterocycles. The Morgan fingerprint density at radius 3 is 2.37 bits per heavy atom. The van der Waals surface area contributed by atoms with Crippen molar-refractivity contribution in [2.45, 2.75) is 25.7 Å². The summed E-state index contributed by atoms with van der Waals surface area (Å²) in [4.78, 5) is 11.6. The van der Waals surface area contributed by atoms with Crippen LogP contribution in [0, 0.1) is 6.92 Å². The number of carbonyl (C=O) groups excluding carboxylic acids is 1. The highest BCUT2D eigenvalue weighted by Crippen LogP contribution is 2.45. The van der Waals surface area contributed by atoms with Gasteiger partial charge < -0.3 is 5.73 Å². The van der Waals surface area contributed by atoms with E-state index in [0.717, 1.165) is 5.56 Å². The molecule has 2 heteroatoms. The first kappa shape index (κ1) is 12.0. The number of amides is 1. The molecule has 0 heterocycles. The molecule has 1 amide bonds. The van der Waals surface area contributed by atoms with Crippen molar-refractivity contribution in [3.63, 3.8) is 0 Å². The van der Waals surface area contributed by atoms with E-state index in [-0.39, 0.29) is 5.91 Å². The first-order valence-corrected chi connectivity index (χ1v) is 6.67. The Morgan fingerprint density at radius 2 is 1.79 bits per heavy atom. The van der Waals surface area contributed by atoms with Gasteiger partial charge in [0.15, 0.2) is 0 Å². The lowest BCUT2D eigenvalue weighted by atomic mass is 9.90. The summed E-state index contributed by atoms with van der Waals surface area (Å²) in [5.74, 6) is 0.204. The van der Waals surface area contributed by atoms with Crippen LogP contribution >= 0.6 is 0 Å². The Morgan fingerprint density at radius 1 is 1.11 bits per heavy atom. The molecule has 1 fully saturated rings. The van der Waals surface area contributed by atoms with Crippen LogP contribution in [0.2, 0.25) is 0 Å². The van der Waals surface area contributed by atoms with E-state index in [1.165, 1.54) is 29.5 Å². The van der Waals surface area contributed by atoms with Gasteiger partial charge in [-0.15, -0.1) is 0 Å². The molecule has 0 radical (unpaired) electrons. The zero-order chi connectivity index (χ0) is 13.4. The summed E-state index contributed by atoms with van der Waals surface area (Å²) in [5.41, 5.74) is 10.9. The third-order valence-corrected chi connectivity index (χ3v) is 3.85. The summed E-state index contributed by atoms with van der Waals surface area (Å²) in [6.07, 6.45) is 2.33. The van der Waals surface area contributed by atoms with Gasteiger partial charge in [0.2, 0.25) is 5.91 Å². The predicted octanol–water partition coefficient (Wildman–Crippen LogP) is 3.64. The van der Waals surface area contributed by atoms with Crippen LogP contribution in [0.3, 0.4) is 0 Å². The first-order chi connectivity index (χ1) is 9.18. The molecule has 19 heavy (non-hydrogen) atoms. The molecule has 2 nitrogen and oxygen atoms in total. The fourth-order valence-electron chi connectivity index (χ4n) is 2.77. The maximum Gasteiger partial charge on any atom is 0.248 e. The monoisotopic (exact) mass is 251 g/mol. The van der Waals surface area contributed by atoms with Crippen LogP contribution in [0.5, 0.6) is 0 Å². The van der Waals surface area contributed by atoms with E-state index >= 15 is 0 Å². The van der Waals surface area contributed by atoms with Crippen molar-refractivity contribution in [3.8, 4) is 11.1 Å². The average molecular weight is 251 g/mol. The van der Waals surface area contributed by atoms with Crippen LogP contribution in [0.25, 0.3) is 11.1 Å². The molecule has 0 unspecified atom stereocenters. The smallest absolute Gasteiger partial charge is 0.248 e. The maximum absolute atomic E-state index is 11.6. The molecule has 2 N–H and O–H groups in total. The highest BCUT2D eigenvalue weighted by atomic mass is 16.1. The van der Waals surface area contributed by atoms with E-state index < -0.39 is 0 Å². The van der Waals surface area contributed by atoms with E-state index in [4.69, 9.17) is 5.73 Å². The summed E-state index contributed by atoms with van der Waals surface area (Å²) >= 11 is 0. The van der Waals surface area contributed by atoms with Gasteiger partial charge in [-0.2, -0.15) is 0 Å². The minimum Gasteiger partial charge on any atom is -0.366 e. The largest absolute Gasteiger partial charge is 0.366 e. The number of hydrogen-bond donors (Lipinski definition) is 1. The molecule has 0 spiro atoms. The van der Waals surface area contributed by atoms with E-state index in [9.17, 15) is 4.79 Å². The maximum atomic E-state index is 11.6. The molecule has 1 aliphatic carbocycles. The standard InChI is InChI=1S/C17H17NO/c1-11-14(12-5-3-2-4-6-12)9-10-15(17(18)19)16(11)13-7-8-13/h2-6,9-10,13H,7-8H2,1H3,(H2,18,19). The molecule has 0 atom stereocenters. The lowest BCUT2D eigenvalue weighted by Gasteiger charge is -2.14. The molecule has 2 aromatic rings. The number of primary amides is 1. The van der Waals surface area contributed by atoms with E-state index in [1.807, 2.05) is 30.3 Å². The zero-order valence-electron chi connectivity index (χ0n) is 11.0. The van der Waals surface area contributed by atoms with Gasteiger partial charge in [0.25, 0.3) is 0 Å². The normalized spacial score (nSPS) is 14.4. The fraction of sp³-hybridized carbons (Fsp3) is 0.235. The second-order valence-corrected chi connectivity index (χ2v) is 5.20. The van der Waals surface area contributed by atoms with E-state index in [0.29, 0.717) is 11.5 Å². The van der Waals surface area contributed by atoms with Gasteiger partial charge in [0.1, 0.15) is 0 Å². The second-order valence-electron chi connectivity index (χ2n) is 5.20. The van der Waals surface area contributed by atoms with Gasteiger partial charge in [-0.1, -0.05) is 36.4 Å². The van der Waals surface area contributed by atoms with Crippen LogP contribution in [-0.4, -0.2) is 5.91 Å². The number of nitrogens with two attached hydrogens (primary N) is 1. The third kappa shape index (κ3) is 2.14. The van der Waals surface area contributed by atoms with Crippen molar-refractivity contribution in [1.29, 1.82) is 0 Å². The van der Waals surface area contributed by atoms with Gasteiger partial charge in [0, 0.05) is 5.56 Å². The van der Waals surface area contributed by atoms with Gasteiger partial charge in [-0.3, -0.25) is 4.79 Å². The lowest BCUT2D eigenvalue weighted by Crippen LogP contribution is -2.14. The highest BCUT2D eigenvalue weighted by molar-refractivity contribution is 5.96. The third-order valence-electron chi connectivity index (χ3n) is 3.85.